The van der Waals surface area contributed by atoms with Crippen molar-refractivity contribution < 1.29 is 0 Å². The van der Waals surface area contributed by atoms with Crippen molar-refractivity contribution in [3.8, 4) is 0 Å². The summed E-state index contributed by atoms with van der Waals surface area (Å²) < 4.78 is 0. The number of hydrogen-bond acceptors (Lipinski definition) is 3. The minimum Gasteiger partial charge on any atom is -0.321 e. The van der Waals surface area contributed by atoms with Gasteiger partial charge in [-0.1, -0.05) is 20.3 Å². The van der Waals surface area contributed by atoms with Crippen LogP contribution in [0.4, 0.5) is 0 Å². The lowest BCUT2D eigenvalue weighted by Crippen LogP contribution is -2.21. The molecule has 0 amide bonds. The first-order valence-electron chi connectivity index (χ1n) is 4.78. The van der Waals surface area contributed by atoms with E-state index in [2.05, 4.69) is 23.8 Å². The van der Waals surface area contributed by atoms with Gasteiger partial charge in [0.1, 0.15) is 5.82 Å². The van der Waals surface area contributed by atoms with E-state index in [9.17, 15) is 0 Å². The molecule has 0 bridgehead atoms. The first-order valence-corrected chi connectivity index (χ1v) is 4.78. The van der Waals surface area contributed by atoms with Crippen LogP contribution in [0.25, 0.3) is 0 Å². The normalized spacial score (nSPS) is 15.3. The Morgan fingerprint density at radius 2 is 2.00 bits per heavy atom. The Hall–Kier alpha value is -0.960. The zero-order chi connectivity index (χ0) is 9.68. The number of hydrogen-bond donors (Lipinski definition) is 1. The van der Waals surface area contributed by atoms with Gasteiger partial charge in [-0.05, 0) is 18.4 Å². The first-order chi connectivity index (χ1) is 6.25. The molecule has 1 aromatic rings. The topological polar surface area (TPSA) is 51.8 Å². The molecule has 0 fully saturated rings. The quantitative estimate of drug-likeness (QED) is 0.768. The van der Waals surface area contributed by atoms with Crippen LogP contribution in [0.5, 0.6) is 0 Å². The lowest BCUT2D eigenvalue weighted by molar-refractivity contribution is 0.418. The van der Waals surface area contributed by atoms with Crippen LogP contribution < -0.4 is 5.73 Å². The fourth-order valence-electron chi connectivity index (χ4n) is 1.37. The summed E-state index contributed by atoms with van der Waals surface area (Å²) in [6.07, 6.45) is 5.75. The third-order valence-electron chi connectivity index (χ3n) is 2.24. The van der Waals surface area contributed by atoms with E-state index >= 15 is 0 Å². The molecule has 0 spiro atoms. The molecule has 2 unspecified atom stereocenters. The van der Waals surface area contributed by atoms with Crippen molar-refractivity contribution in [2.24, 2.45) is 11.7 Å². The van der Waals surface area contributed by atoms with Crippen molar-refractivity contribution in [3.63, 3.8) is 0 Å². The van der Waals surface area contributed by atoms with Crippen LogP contribution in [0.2, 0.25) is 0 Å². The Balaban J connectivity index is 2.62. The zero-order valence-corrected chi connectivity index (χ0v) is 8.27. The predicted octanol–water partition coefficient (Wildman–Crippen LogP) is 1.91. The number of aromatic nitrogens is 2. The number of rotatable bonds is 4. The van der Waals surface area contributed by atoms with E-state index in [0.29, 0.717) is 5.92 Å². The average Bonchev–Trinajstić information content (AvgIpc) is 2.18. The molecule has 0 aliphatic heterocycles. The second-order valence-electron chi connectivity index (χ2n) is 3.40. The van der Waals surface area contributed by atoms with Crippen LogP contribution in [0.1, 0.15) is 38.6 Å². The Kier molecular flexibility index (Phi) is 3.83. The highest BCUT2D eigenvalue weighted by atomic mass is 14.9. The van der Waals surface area contributed by atoms with Crippen LogP contribution in [-0.2, 0) is 0 Å². The maximum atomic E-state index is 6.00. The third kappa shape index (κ3) is 2.77. The third-order valence-corrected chi connectivity index (χ3v) is 2.24. The molecule has 0 aliphatic carbocycles. The van der Waals surface area contributed by atoms with E-state index in [0.717, 1.165) is 18.7 Å². The van der Waals surface area contributed by atoms with Gasteiger partial charge in [0.2, 0.25) is 0 Å². The molecule has 0 aliphatic rings. The molecule has 1 aromatic heterocycles. The fraction of sp³-hybridized carbons (Fsp3) is 0.600. The van der Waals surface area contributed by atoms with Gasteiger partial charge in [0.25, 0.3) is 0 Å². The van der Waals surface area contributed by atoms with Crippen LogP contribution >= 0.6 is 0 Å². The van der Waals surface area contributed by atoms with Crippen molar-refractivity contribution in [1.29, 1.82) is 0 Å². The number of nitrogens with two attached hydrogens (primary N) is 1. The minimum absolute atomic E-state index is 0.0267. The smallest absolute Gasteiger partial charge is 0.145 e. The van der Waals surface area contributed by atoms with E-state index in [4.69, 9.17) is 5.73 Å². The summed E-state index contributed by atoms with van der Waals surface area (Å²) in [5.74, 6) is 1.20. The van der Waals surface area contributed by atoms with E-state index in [1.165, 1.54) is 0 Å². The van der Waals surface area contributed by atoms with Gasteiger partial charge < -0.3 is 5.73 Å². The van der Waals surface area contributed by atoms with E-state index < -0.39 is 0 Å². The van der Waals surface area contributed by atoms with Gasteiger partial charge in [-0.3, -0.25) is 0 Å². The Morgan fingerprint density at radius 3 is 2.54 bits per heavy atom. The maximum absolute atomic E-state index is 6.00. The SMILES string of the molecule is CCCC(C)C(N)c1ncccn1. The van der Waals surface area contributed by atoms with Crippen molar-refractivity contribution in [2.45, 2.75) is 32.7 Å². The van der Waals surface area contributed by atoms with Gasteiger partial charge in [0.05, 0.1) is 6.04 Å². The molecule has 3 heteroatoms. The first kappa shape index (κ1) is 10.1. The molecule has 0 aromatic carbocycles. The molecule has 2 N–H and O–H groups in total. The van der Waals surface area contributed by atoms with Gasteiger partial charge >= 0.3 is 0 Å². The standard InChI is InChI=1S/C10H17N3/c1-3-5-8(2)9(11)10-12-6-4-7-13-10/h4,6-9H,3,5,11H2,1-2H3. The van der Waals surface area contributed by atoms with E-state index in [1.54, 1.807) is 18.5 Å². The maximum Gasteiger partial charge on any atom is 0.145 e. The summed E-state index contributed by atoms with van der Waals surface area (Å²) in [5.41, 5.74) is 6.00. The Labute approximate surface area is 79.4 Å². The summed E-state index contributed by atoms with van der Waals surface area (Å²) in [7, 11) is 0. The van der Waals surface area contributed by atoms with Gasteiger partial charge in [0, 0.05) is 12.4 Å². The second kappa shape index (κ2) is 4.92. The summed E-state index contributed by atoms with van der Waals surface area (Å²) in [6.45, 7) is 4.31. The van der Waals surface area contributed by atoms with Crippen LogP contribution in [0.3, 0.4) is 0 Å². The monoisotopic (exact) mass is 179 g/mol. The molecule has 1 rings (SSSR count). The summed E-state index contributed by atoms with van der Waals surface area (Å²) >= 11 is 0. The second-order valence-corrected chi connectivity index (χ2v) is 3.40. The van der Waals surface area contributed by atoms with Crippen molar-refractivity contribution in [2.75, 3.05) is 0 Å². The van der Waals surface area contributed by atoms with Crippen LogP contribution in [0, 0.1) is 5.92 Å². The fourth-order valence-corrected chi connectivity index (χ4v) is 1.37. The summed E-state index contributed by atoms with van der Waals surface area (Å²) in [4.78, 5) is 8.29. The van der Waals surface area contributed by atoms with Crippen LogP contribution in [0.15, 0.2) is 18.5 Å². The molecule has 1 heterocycles. The van der Waals surface area contributed by atoms with Gasteiger partial charge in [-0.15, -0.1) is 0 Å². The lowest BCUT2D eigenvalue weighted by Gasteiger charge is -2.17. The largest absolute Gasteiger partial charge is 0.321 e. The molecule has 3 nitrogen and oxygen atoms in total. The Bertz CT molecular complexity index is 235. The molecule has 72 valence electrons. The average molecular weight is 179 g/mol. The van der Waals surface area contributed by atoms with Crippen molar-refractivity contribution >= 4 is 0 Å². The predicted molar refractivity (Wildman–Crippen MR) is 53.0 cm³/mol. The van der Waals surface area contributed by atoms with Crippen LogP contribution in [-0.4, -0.2) is 9.97 Å². The highest BCUT2D eigenvalue weighted by Crippen LogP contribution is 2.19. The van der Waals surface area contributed by atoms with Gasteiger partial charge in [0.15, 0.2) is 0 Å². The molecule has 0 saturated carbocycles. The molecular weight excluding hydrogens is 162 g/mol. The van der Waals surface area contributed by atoms with Gasteiger partial charge in [-0.2, -0.15) is 0 Å². The van der Waals surface area contributed by atoms with Crippen molar-refractivity contribution in [3.05, 3.63) is 24.3 Å². The molecule has 2 atom stereocenters. The zero-order valence-electron chi connectivity index (χ0n) is 8.27. The highest BCUT2D eigenvalue weighted by molar-refractivity contribution is 4.96. The Morgan fingerprint density at radius 1 is 1.38 bits per heavy atom. The van der Waals surface area contributed by atoms with Gasteiger partial charge in [-0.25, -0.2) is 9.97 Å². The molecule has 0 saturated heterocycles. The summed E-state index contributed by atoms with van der Waals surface area (Å²) in [6, 6.07) is 1.78. The molecule has 13 heavy (non-hydrogen) atoms. The molecular formula is C10H17N3. The lowest BCUT2D eigenvalue weighted by atomic mass is 9.97. The molecule has 0 radical (unpaired) electrons. The van der Waals surface area contributed by atoms with Crippen molar-refractivity contribution in [1.82, 2.24) is 9.97 Å². The number of nitrogens with zero attached hydrogens (tertiary/aromatic N) is 2. The summed E-state index contributed by atoms with van der Waals surface area (Å²) in [5, 5.41) is 0. The highest BCUT2D eigenvalue weighted by Gasteiger charge is 2.15. The van der Waals surface area contributed by atoms with E-state index in [1.807, 2.05) is 0 Å². The van der Waals surface area contributed by atoms with E-state index in [-0.39, 0.29) is 6.04 Å². The minimum atomic E-state index is -0.0267.